The first kappa shape index (κ1) is 18.1. The van der Waals surface area contributed by atoms with Crippen LogP contribution in [0.15, 0.2) is 10.9 Å². The molecule has 0 atom stereocenters. The second-order valence-corrected chi connectivity index (χ2v) is 8.37. The Hall–Kier alpha value is -1.24. The Morgan fingerprint density at radius 2 is 2.00 bits per heavy atom. The van der Waals surface area contributed by atoms with E-state index >= 15 is 0 Å². The molecule has 4 rings (SSSR count). The minimum atomic E-state index is -0.506. The van der Waals surface area contributed by atoms with E-state index in [9.17, 15) is 9.90 Å². The highest BCUT2D eigenvalue weighted by atomic mass is 16.5. The lowest BCUT2D eigenvalue weighted by molar-refractivity contribution is 0.00126. The number of aliphatic hydroxyl groups is 1. The smallest absolute Gasteiger partial charge is 0.267 e. The summed E-state index contributed by atoms with van der Waals surface area (Å²) >= 11 is 0. The fraction of sp³-hybridized carbons (Fsp3) is 0.800. The molecule has 0 saturated heterocycles. The predicted molar refractivity (Wildman–Crippen MR) is 99.2 cm³/mol. The fourth-order valence-corrected chi connectivity index (χ4v) is 4.74. The molecule has 0 unspecified atom stereocenters. The normalized spacial score (nSPS) is 28.5. The van der Waals surface area contributed by atoms with Gasteiger partial charge in [-0.15, -0.1) is 0 Å². The van der Waals surface area contributed by atoms with E-state index in [-0.39, 0.29) is 11.6 Å². The van der Waals surface area contributed by atoms with Crippen molar-refractivity contribution < 1.29 is 9.84 Å². The highest BCUT2D eigenvalue weighted by Crippen LogP contribution is 2.30. The van der Waals surface area contributed by atoms with Gasteiger partial charge in [0.1, 0.15) is 0 Å². The predicted octanol–water partition coefficient (Wildman–Crippen LogP) is 2.08. The molecule has 2 fully saturated rings. The third-order valence-electron chi connectivity index (χ3n) is 6.41. The van der Waals surface area contributed by atoms with Crippen LogP contribution < -0.4 is 10.9 Å². The number of aromatic nitrogens is 2. The molecule has 0 radical (unpaired) electrons. The van der Waals surface area contributed by atoms with Crippen LogP contribution in [0.2, 0.25) is 0 Å². The number of nitrogens with zero attached hydrogens (tertiary/aromatic N) is 2. The third kappa shape index (κ3) is 4.02. The summed E-state index contributed by atoms with van der Waals surface area (Å²) < 4.78 is 7.14. The number of ether oxygens (including phenoxy) is 1. The van der Waals surface area contributed by atoms with Gasteiger partial charge >= 0.3 is 0 Å². The maximum absolute atomic E-state index is 12.4. The zero-order valence-corrected chi connectivity index (χ0v) is 15.6. The molecule has 2 saturated carbocycles. The van der Waals surface area contributed by atoms with Gasteiger partial charge < -0.3 is 15.2 Å². The number of fused-ring (bicyclic) bond motifs is 1. The van der Waals surface area contributed by atoms with Crippen LogP contribution in [0, 0.1) is 0 Å². The molecule has 0 aromatic carbocycles. The molecule has 0 bridgehead atoms. The van der Waals surface area contributed by atoms with Gasteiger partial charge in [0.15, 0.2) is 0 Å². The SMILES string of the molecule is O=c1cc2c(nn1C1CCC(NCC3(O)CCCCC3)CC1)CCOC2. The molecule has 0 spiro atoms. The maximum atomic E-state index is 12.4. The van der Waals surface area contributed by atoms with E-state index in [1.165, 1.54) is 6.42 Å². The summed E-state index contributed by atoms with van der Waals surface area (Å²) in [5.74, 6) is 0. The van der Waals surface area contributed by atoms with Gasteiger partial charge in [-0.25, -0.2) is 4.68 Å². The monoisotopic (exact) mass is 361 g/mol. The van der Waals surface area contributed by atoms with Crippen molar-refractivity contribution >= 4 is 0 Å². The van der Waals surface area contributed by atoms with E-state index < -0.39 is 5.60 Å². The molecule has 144 valence electrons. The van der Waals surface area contributed by atoms with Crippen LogP contribution in [0.1, 0.15) is 75.1 Å². The summed E-state index contributed by atoms with van der Waals surface area (Å²) in [6, 6.07) is 2.36. The molecular weight excluding hydrogens is 330 g/mol. The number of hydrogen-bond donors (Lipinski definition) is 2. The minimum Gasteiger partial charge on any atom is -0.389 e. The molecule has 2 aliphatic carbocycles. The van der Waals surface area contributed by atoms with Crippen molar-refractivity contribution in [1.82, 2.24) is 15.1 Å². The summed E-state index contributed by atoms with van der Waals surface area (Å²) in [5, 5.41) is 18.9. The number of nitrogens with one attached hydrogen (secondary N) is 1. The summed E-state index contributed by atoms with van der Waals surface area (Å²) in [6.07, 6.45) is 10.2. The fourth-order valence-electron chi connectivity index (χ4n) is 4.74. The van der Waals surface area contributed by atoms with Crippen molar-refractivity contribution in [3.8, 4) is 0 Å². The summed E-state index contributed by atoms with van der Waals surface area (Å²) in [5.41, 5.74) is 1.47. The molecule has 1 aromatic rings. The second kappa shape index (κ2) is 7.79. The first-order chi connectivity index (χ1) is 12.6. The largest absolute Gasteiger partial charge is 0.389 e. The molecule has 6 heteroatoms. The number of hydrogen-bond acceptors (Lipinski definition) is 5. The van der Waals surface area contributed by atoms with Gasteiger partial charge in [0, 0.05) is 30.6 Å². The Kier molecular flexibility index (Phi) is 5.43. The molecular formula is C20H31N3O3. The standard InChI is InChI=1S/C20H31N3O3/c24-19-12-15-13-26-11-8-18(15)22-23(19)17-6-4-16(5-7-17)21-14-20(25)9-2-1-3-10-20/h12,16-17,21,25H,1-11,13-14H2. The van der Waals surface area contributed by atoms with Gasteiger partial charge in [0.05, 0.1) is 30.6 Å². The van der Waals surface area contributed by atoms with E-state index in [1.54, 1.807) is 10.7 Å². The Bertz CT molecular complexity index is 673. The van der Waals surface area contributed by atoms with Gasteiger partial charge in [-0.05, 0) is 38.5 Å². The molecule has 2 heterocycles. The van der Waals surface area contributed by atoms with E-state index in [0.29, 0.717) is 25.8 Å². The van der Waals surface area contributed by atoms with Gasteiger partial charge in [-0.1, -0.05) is 19.3 Å². The topological polar surface area (TPSA) is 76.4 Å². The molecule has 0 amide bonds. The molecule has 1 aliphatic heterocycles. The van der Waals surface area contributed by atoms with Crippen LogP contribution in [-0.4, -0.2) is 39.7 Å². The Balaban J connectivity index is 1.33. The first-order valence-electron chi connectivity index (χ1n) is 10.3. The van der Waals surface area contributed by atoms with Crippen molar-refractivity contribution in [1.29, 1.82) is 0 Å². The minimum absolute atomic E-state index is 0.00201. The van der Waals surface area contributed by atoms with Gasteiger partial charge in [0.2, 0.25) is 0 Å². The lowest BCUT2D eigenvalue weighted by Crippen LogP contribution is -2.47. The second-order valence-electron chi connectivity index (χ2n) is 8.37. The van der Waals surface area contributed by atoms with Crippen LogP contribution in [0.3, 0.4) is 0 Å². The van der Waals surface area contributed by atoms with E-state index in [4.69, 9.17) is 4.74 Å². The average Bonchev–Trinajstić information content (AvgIpc) is 2.67. The summed E-state index contributed by atoms with van der Waals surface area (Å²) in [4.78, 5) is 12.4. The van der Waals surface area contributed by atoms with Crippen LogP contribution in [0.4, 0.5) is 0 Å². The Morgan fingerprint density at radius 1 is 1.23 bits per heavy atom. The molecule has 1 aromatic heterocycles. The summed E-state index contributed by atoms with van der Waals surface area (Å²) in [6.45, 7) is 1.91. The third-order valence-corrected chi connectivity index (χ3v) is 6.41. The summed E-state index contributed by atoms with van der Waals surface area (Å²) in [7, 11) is 0. The van der Waals surface area contributed by atoms with Crippen molar-refractivity contribution in [3.63, 3.8) is 0 Å². The van der Waals surface area contributed by atoms with E-state index in [2.05, 4.69) is 10.4 Å². The van der Waals surface area contributed by atoms with Crippen LogP contribution in [-0.2, 0) is 17.8 Å². The van der Waals surface area contributed by atoms with Crippen LogP contribution in [0.5, 0.6) is 0 Å². The lowest BCUT2D eigenvalue weighted by atomic mass is 9.84. The average molecular weight is 361 g/mol. The van der Waals surface area contributed by atoms with Crippen molar-refractivity contribution in [2.24, 2.45) is 0 Å². The van der Waals surface area contributed by atoms with Gasteiger partial charge in [-0.2, -0.15) is 5.10 Å². The quantitative estimate of drug-likeness (QED) is 0.859. The zero-order valence-electron chi connectivity index (χ0n) is 15.6. The first-order valence-corrected chi connectivity index (χ1v) is 10.3. The molecule has 2 N–H and O–H groups in total. The highest BCUT2D eigenvalue weighted by Gasteiger charge is 2.31. The number of rotatable bonds is 4. The van der Waals surface area contributed by atoms with Gasteiger partial charge in [-0.3, -0.25) is 4.79 Å². The van der Waals surface area contributed by atoms with Crippen LogP contribution in [0.25, 0.3) is 0 Å². The Morgan fingerprint density at radius 3 is 2.77 bits per heavy atom. The van der Waals surface area contributed by atoms with Crippen molar-refractivity contribution in [2.45, 2.75) is 88.5 Å². The lowest BCUT2D eigenvalue weighted by Gasteiger charge is -2.36. The van der Waals surface area contributed by atoms with Crippen LogP contribution >= 0.6 is 0 Å². The van der Waals surface area contributed by atoms with E-state index in [0.717, 1.165) is 69.0 Å². The molecule has 3 aliphatic rings. The highest BCUT2D eigenvalue weighted by molar-refractivity contribution is 5.19. The van der Waals surface area contributed by atoms with Crippen molar-refractivity contribution in [3.05, 3.63) is 27.7 Å². The van der Waals surface area contributed by atoms with Crippen molar-refractivity contribution in [2.75, 3.05) is 13.2 Å². The zero-order chi connectivity index (χ0) is 18.0. The molecule has 6 nitrogen and oxygen atoms in total. The van der Waals surface area contributed by atoms with Gasteiger partial charge in [0.25, 0.3) is 5.56 Å². The van der Waals surface area contributed by atoms with E-state index in [1.807, 2.05) is 0 Å². The molecule has 26 heavy (non-hydrogen) atoms. The Labute approximate surface area is 154 Å². The maximum Gasteiger partial charge on any atom is 0.267 e.